The zero-order valence-corrected chi connectivity index (χ0v) is 11.6. The maximum Gasteiger partial charge on any atom is 0.248 e. The highest BCUT2D eigenvalue weighted by atomic mass is 16.1. The summed E-state index contributed by atoms with van der Waals surface area (Å²) in [5.74, 6) is 0.0961. The Morgan fingerprint density at radius 2 is 1.83 bits per heavy atom. The fraction of sp³-hybridized carbons (Fsp3) is 0.562. The molecular formula is C16H25NO. The van der Waals surface area contributed by atoms with Crippen molar-refractivity contribution in [3.05, 3.63) is 35.4 Å². The summed E-state index contributed by atoms with van der Waals surface area (Å²) in [5.41, 5.74) is 7.18. The van der Waals surface area contributed by atoms with Gasteiger partial charge in [0, 0.05) is 5.56 Å². The van der Waals surface area contributed by atoms with Gasteiger partial charge in [0.1, 0.15) is 0 Å². The first-order valence-corrected chi connectivity index (χ1v) is 7.05. The van der Waals surface area contributed by atoms with E-state index in [9.17, 15) is 4.79 Å². The van der Waals surface area contributed by atoms with Gasteiger partial charge in [0.2, 0.25) is 5.91 Å². The molecule has 0 saturated heterocycles. The van der Waals surface area contributed by atoms with Crippen LogP contribution in [0.4, 0.5) is 0 Å². The van der Waals surface area contributed by atoms with E-state index in [0.717, 1.165) is 12.0 Å². The van der Waals surface area contributed by atoms with E-state index < -0.39 is 0 Å². The van der Waals surface area contributed by atoms with Crippen LogP contribution in [0.5, 0.6) is 0 Å². The third-order valence-corrected chi connectivity index (χ3v) is 3.50. The van der Waals surface area contributed by atoms with Crippen LogP contribution in [0.25, 0.3) is 0 Å². The fourth-order valence-corrected chi connectivity index (χ4v) is 2.36. The van der Waals surface area contributed by atoms with Crippen LogP contribution >= 0.6 is 0 Å². The smallest absolute Gasteiger partial charge is 0.248 e. The molecule has 0 radical (unpaired) electrons. The maximum absolute atomic E-state index is 11.4. The topological polar surface area (TPSA) is 43.1 Å². The summed E-state index contributed by atoms with van der Waals surface area (Å²) < 4.78 is 0. The normalized spacial score (nSPS) is 12.3. The van der Waals surface area contributed by atoms with Crippen LogP contribution in [0, 0.1) is 0 Å². The molecule has 1 rings (SSSR count). The molecule has 100 valence electrons. The van der Waals surface area contributed by atoms with Crippen LogP contribution in [0.1, 0.15) is 74.2 Å². The van der Waals surface area contributed by atoms with Crippen molar-refractivity contribution in [3.63, 3.8) is 0 Å². The van der Waals surface area contributed by atoms with Crippen molar-refractivity contribution in [2.75, 3.05) is 0 Å². The van der Waals surface area contributed by atoms with Crippen molar-refractivity contribution in [3.8, 4) is 0 Å². The summed E-state index contributed by atoms with van der Waals surface area (Å²) >= 11 is 0. The van der Waals surface area contributed by atoms with E-state index >= 15 is 0 Å². The number of hydrogen-bond acceptors (Lipinski definition) is 1. The van der Waals surface area contributed by atoms with E-state index in [1.54, 1.807) is 0 Å². The van der Waals surface area contributed by atoms with E-state index in [-0.39, 0.29) is 5.91 Å². The molecule has 1 unspecified atom stereocenters. The van der Waals surface area contributed by atoms with Crippen LogP contribution in [-0.4, -0.2) is 5.91 Å². The number of carbonyl (C=O) groups is 1. The lowest BCUT2D eigenvalue weighted by molar-refractivity contribution is 0.0999. The van der Waals surface area contributed by atoms with Gasteiger partial charge in [0.05, 0.1) is 0 Å². The van der Waals surface area contributed by atoms with Gasteiger partial charge in [-0.2, -0.15) is 0 Å². The SMILES string of the molecule is CCCCCCCC(C)c1ccccc1C(N)=O. The summed E-state index contributed by atoms with van der Waals surface area (Å²) in [6.45, 7) is 4.41. The number of benzene rings is 1. The van der Waals surface area contributed by atoms with Crippen molar-refractivity contribution in [1.29, 1.82) is 0 Å². The van der Waals surface area contributed by atoms with Crippen LogP contribution in [0.2, 0.25) is 0 Å². The van der Waals surface area contributed by atoms with Gasteiger partial charge < -0.3 is 5.73 Å². The van der Waals surface area contributed by atoms with E-state index in [2.05, 4.69) is 13.8 Å². The average molecular weight is 247 g/mol. The molecule has 0 saturated carbocycles. The number of carbonyl (C=O) groups excluding carboxylic acids is 1. The predicted octanol–water partition coefficient (Wildman–Crippen LogP) is 4.25. The molecule has 0 aromatic heterocycles. The Morgan fingerprint density at radius 3 is 2.50 bits per heavy atom. The van der Waals surface area contributed by atoms with Crippen LogP contribution in [-0.2, 0) is 0 Å². The molecule has 1 aromatic rings. The number of nitrogens with two attached hydrogens (primary N) is 1. The van der Waals surface area contributed by atoms with Gasteiger partial charge in [-0.3, -0.25) is 4.79 Å². The third kappa shape index (κ3) is 4.52. The first-order chi connectivity index (χ1) is 8.66. The Balaban J connectivity index is 2.51. The minimum Gasteiger partial charge on any atom is -0.366 e. The lowest BCUT2D eigenvalue weighted by Crippen LogP contribution is -2.14. The third-order valence-electron chi connectivity index (χ3n) is 3.50. The summed E-state index contributed by atoms with van der Waals surface area (Å²) in [5, 5.41) is 0. The molecule has 0 spiro atoms. The second kappa shape index (κ2) is 7.91. The Kier molecular flexibility index (Phi) is 6.48. The highest BCUT2D eigenvalue weighted by molar-refractivity contribution is 5.94. The molecular weight excluding hydrogens is 222 g/mol. The van der Waals surface area contributed by atoms with Crippen molar-refractivity contribution in [2.24, 2.45) is 5.73 Å². The molecule has 0 bridgehead atoms. The zero-order valence-electron chi connectivity index (χ0n) is 11.6. The summed E-state index contributed by atoms with van der Waals surface area (Å²) in [6, 6.07) is 7.70. The standard InChI is InChI=1S/C16H25NO/c1-3-4-5-6-7-10-13(2)14-11-8-9-12-15(14)16(17)18/h8-9,11-13H,3-7,10H2,1-2H3,(H2,17,18). The molecule has 0 aliphatic heterocycles. The molecule has 1 amide bonds. The highest BCUT2D eigenvalue weighted by Crippen LogP contribution is 2.25. The Morgan fingerprint density at radius 1 is 1.17 bits per heavy atom. The van der Waals surface area contributed by atoms with E-state index in [0.29, 0.717) is 11.5 Å². The van der Waals surface area contributed by atoms with Gasteiger partial charge >= 0.3 is 0 Å². The van der Waals surface area contributed by atoms with Gasteiger partial charge in [-0.05, 0) is 24.0 Å². The summed E-state index contributed by atoms with van der Waals surface area (Å²) in [4.78, 5) is 11.4. The Hall–Kier alpha value is -1.31. The number of unbranched alkanes of at least 4 members (excludes halogenated alkanes) is 4. The molecule has 2 heteroatoms. The zero-order chi connectivity index (χ0) is 13.4. The molecule has 18 heavy (non-hydrogen) atoms. The summed E-state index contributed by atoms with van der Waals surface area (Å²) in [6.07, 6.45) is 7.58. The maximum atomic E-state index is 11.4. The Bertz CT molecular complexity index is 373. The number of amides is 1. The second-order valence-electron chi connectivity index (χ2n) is 5.06. The van der Waals surface area contributed by atoms with Crippen molar-refractivity contribution in [2.45, 2.75) is 58.3 Å². The van der Waals surface area contributed by atoms with Gasteiger partial charge in [-0.1, -0.05) is 64.2 Å². The van der Waals surface area contributed by atoms with Gasteiger partial charge in [-0.15, -0.1) is 0 Å². The minimum atomic E-state index is -0.316. The van der Waals surface area contributed by atoms with Crippen LogP contribution in [0.3, 0.4) is 0 Å². The lowest BCUT2D eigenvalue weighted by Gasteiger charge is -2.14. The number of primary amides is 1. The van der Waals surface area contributed by atoms with Gasteiger partial charge in [0.25, 0.3) is 0 Å². The van der Waals surface area contributed by atoms with Crippen LogP contribution in [0.15, 0.2) is 24.3 Å². The molecule has 0 aliphatic carbocycles. The first kappa shape index (κ1) is 14.7. The molecule has 0 heterocycles. The van der Waals surface area contributed by atoms with E-state index in [1.165, 1.54) is 32.1 Å². The second-order valence-corrected chi connectivity index (χ2v) is 5.06. The fourth-order valence-electron chi connectivity index (χ4n) is 2.36. The monoisotopic (exact) mass is 247 g/mol. The Labute approximate surface area is 111 Å². The van der Waals surface area contributed by atoms with Crippen molar-refractivity contribution < 1.29 is 4.79 Å². The van der Waals surface area contributed by atoms with Crippen molar-refractivity contribution in [1.82, 2.24) is 0 Å². The molecule has 2 nitrogen and oxygen atoms in total. The first-order valence-electron chi connectivity index (χ1n) is 7.05. The predicted molar refractivity (Wildman–Crippen MR) is 76.8 cm³/mol. The van der Waals surface area contributed by atoms with E-state index in [1.807, 2.05) is 24.3 Å². The molecule has 0 fully saturated rings. The number of rotatable bonds is 8. The van der Waals surface area contributed by atoms with Gasteiger partial charge in [-0.25, -0.2) is 0 Å². The lowest BCUT2D eigenvalue weighted by atomic mass is 9.91. The minimum absolute atomic E-state index is 0.316. The quantitative estimate of drug-likeness (QED) is 0.686. The highest BCUT2D eigenvalue weighted by Gasteiger charge is 2.12. The van der Waals surface area contributed by atoms with E-state index in [4.69, 9.17) is 5.73 Å². The van der Waals surface area contributed by atoms with Crippen LogP contribution < -0.4 is 5.73 Å². The molecule has 1 atom stereocenters. The summed E-state index contributed by atoms with van der Waals surface area (Å²) in [7, 11) is 0. The molecule has 2 N–H and O–H groups in total. The largest absolute Gasteiger partial charge is 0.366 e. The van der Waals surface area contributed by atoms with Gasteiger partial charge in [0.15, 0.2) is 0 Å². The number of hydrogen-bond donors (Lipinski definition) is 1. The molecule has 0 aliphatic rings. The van der Waals surface area contributed by atoms with Crippen molar-refractivity contribution >= 4 is 5.91 Å². The molecule has 1 aromatic carbocycles. The average Bonchev–Trinajstić information content (AvgIpc) is 2.38.